The third kappa shape index (κ3) is 8.87. The van der Waals surface area contributed by atoms with Gasteiger partial charge in [-0.2, -0.15) is 0 Å². The zero-order chi connectivity index (χ0) is 21.1. The number of carbonyl (C=O) groups is 1. The van der Waals surface area contributed by atoms with Gasteiger partial charge >= 0.3 is 0 Å². The molecule has 0 radical (unpaired) electrons. The normalized spacial score (nSPS) is 21.6. The summed E-state index contributed by atoms with van der Waals surface area (Å²) in [6, 6.07) is 0. The number of halogens is 1. The lowest BCUT2D eigenvalue weighted by atomic mass is 10.2. The Morgan fingerprint density at radius 3 is 3.00 bits per heavy atom. The lowest BCUT2D eigenvalue weighted by Gasteiger charge is -2.24. The van der Waals surface area contributed by atoms with Crippen LogP contribution in [0.25, 0.3) is 0 Å². The fraction of sp³-hybridized carbons (Fsp3) is 0.524. The molecule has 0 aromatic heterocycles. The van der Waals surface area contributed by atoms with Crippen molar-refractivity contribution in [3.05, 3.63) is 48.1 Å². The van der Waals surface area contributed by atoms with Crippen LogP contribution in [0, 0.1) is 0 Å². The van der Waals surface area contributed by atoms with Gasteiger partial charge < -0.3 is 25.2 Å². The molecular formula is C21H30BrN3O4. The Balaban J connectivity index is 1.70. The summed E-state index contributed by atoms with van der Waals surface area (Å²) in [5.74, 6) is 1.12. The smallest absolute Gasteiger partial charge is 0.259 e. The standard InChI is InChI=1S/C21H30BrN3O4/c1-3-4-8-15(2)28-13-20(27)25-21-18(22)11-16(12-23-21)24-19(26)14-29-17-9-6-5-7-10-17/h6,9-12,18-19,21,24,26H,2-5,7-8,13-14H2,1H3,(H,25,27)/t18?,19?,21-/m0/s1. The predicted molar refractivity (Wildman–Crippen MR) is 117 cm³/mol. The van der Waals surface area contributed by atoms with Crippen LogP contribution in [0.15, 0.2) is 53.1 Å². The predicted octanol–water partition coefficient (Wildman–Crippen LogP) is 3.04. The van der Waals surface area contributed by atoms with Crippen LogP contribution in [-0.2, 0) is 14.3 Å². The number of hydrogen-bond acceptors (Lipinski definition) is 6. The van der Waals surface area contributed by atoms with Crippen LogP contribution < -0.4 is 10.6 Å². The average molecular weight is 468 g/mol. The summed E-state index contributed by atoms with van der Waals surface area (Å²) in [5.41, 5.74) is 0.644. The number of hydrogen-bond donors (Lipinski definition) is 3. The van der Waals surface area contributed by atoms with Gasteiger partial charge in [0.15, 0.2) is 12.8 Å². The van der Waals surface area contributed by atoms with Gasteiger partial charge in [-0.3, -0.25) is 9.79 Å². The second-order valence-corrected chi connectivity index (χ2v) is 7.90. The van der Waals surface area contributed by atoms with E-state index in [2.05, 4.69) is 45.1 Å². The van der Waals surface area contributed by atoms with Crippen LogP contribution in [0.4, 0.5) is 0 Å². The molecule has 0 fully saturated rings. The van der Waals surface area contributed by atoms with Gasteiger partial charge in [-0.05, 0) is 37.5 Å². The van der Waals surface area contributed by atoms with Gasteiger partial charge in [-0.1, -0.05) is 41.9 Å². The Morgan fingerprint density at radius 2 is 2.31 bits per heavy atom. The molecule has 2 unspecified atom stereocenters. The molecule has 8 heteroatoms. The highest BCUT2D eigenvalue weighted by molar-refractivity contribution is 9.09. The number of aliphatic hydroxyl groups excluding tert-OH is 1. The molecular weight excluding hydrogens is 438 g/mol. The van der Waals surface area contributed by atoms with E-state index in [1.807, 2.05) is 24.3 Å². The molecule has 0 aromatic carbocycles. The molecule has 2 rings (SSSR count). The highest BCUT2D eigenvalue weighted by atomic mass is 79.9. The minimum absolute atomic E-state index is 0.0799. The van der Waals surface area contributed by atoms with E-state index in [4.69, 9.17) is 9.47 Å². The number of allylic oxidation sites excluding steroid dienone is 5. The molecule has 29 heavy (non-hydrogen) atoms. The summed E-state index contributed by atoms with van der Waals surface area (Å²) in [7, 11) is 0. The highest BCUT2D eigenvalue weighted by Crippen LogP contribution is 2.16. The molecule has 0 bridgehead atoms. The van der Waals surface area contributed by atoms with Crippen LogP contribution in [0.5, 0.6) is 0 Å². The minimum atomic E-state index is -0.877. The maximum absolute atomic E-state index is 12.1. The van der Waals surface area contributed by atoms with Crippen LogP contribution in [0.3, 0.4) is 0 Å². The number of dihydropyridines is 1. The Bertz CT molecular complexity index is 687. The van der Waals surface area contributed by atoms with E-state index in [0.29, 0.717) is 11.5 Å². The zero-order valence-corrected chi connectivity index (χ0v) is 18.4. The second-order valence-electron chi connectivity index (χ2n) is 6.85. The Kier molecular flexibility index (Phi) is 10.0. The number of aliphatic hydroxyl groups is 1. The van der Waals surface area contributed by atoms with Crippen molar-refractivity contribution in [1.29, 1.82) is 0 Å². The van der Waals surface area contributed by atoms with Crippen LogP contribution in [-0.4, -0.2) is 47.7 Å². The first kappa shape index (κ1) is 23.2. The number of carbonyl (C=O) groups excluding carboxylic acids is 1. The van der Waals surface area contributed by atoms with Gasteiger partial charge in [0.1, 0.15) is 18.5 Å². The van der Waals surface area contributed by atoms with Crippen molar-refractivity contribution in [2.24, 2.45) is 4.99 Å². The van der Waals surface area contributed by atoms with Gasteiger partial charge in [-0.15, -0.1) is 0 Å². The fourth-order valence-corrected chi connectivity index (χ4v) is 3.23. The van der Waals surface area contributed by atoms with E-state index >= 15 is 0 Å². The SMILES string of the molecule is C=C(CCCC)OCC(=O)N[C@@H]1N=CC(NC(O)COC2=CCCC=C2)=CC1Br. The first-order valence-corrected chi connectivity index (χ1v) is 10.8. The van der Waals surface area contributed by atoms with E-state index in [9.17, 15) is 9.90 Å². The first-order valence-electron chi connectivity index (χ1n) is 9.91. The number of nitrogens with one attached hydrogen (secondary N) is 2. The maximum atomic E-state index is 12.1. The molecule has 3 N–H and O–H groups in total. The Hall–Kier alpha value is -2.06. The van der Waals surface area contributed by atoms with Gasteiger partial charge in [0.05, 0.1) is 16.3 Å². The van der Waals surface area contributed by atoms with Crippen molar-refractivity contribution in [3.63, 3.8) is 0 Å². The van der Waals surface area contributed by atoms with Gasteiger partial charge in [-0.25, -0.2) is 0 Å². The van der Waals surface area contributed by atoms with Crippen molar-refractivity contribution in [1.82, 2.24) is 10.6 Å². The number of alkyl halides is 1. The summed E-state index contributed by atoms with van der Waals surface area (Å²) in [6.07, 6.45) is 12.8. The topological polar surface area (TPSA) is 92.2 Å². The van der Waals surface area contributed by atoms with E-state index in [-0.39, 0.29) is 23.9 Å². The van der Waals surface area contributed by atoms with Crippen LogP contribution >= 0.6 is 15.9 Å². The molecule has 1 amide bonds. The number of amides is 1. The maximum Gasteiger partial charge on any atom is 0.259 e. The molecule has 2 aliphatic rings. The summed E-state index contributed by atoms with van der Waals surface area (Å²) in [4.78, 5) is 16.2. The number of nitrogens with zero attached hydrogens (tertiary/aromatic N) is 1. The van der Waals surface area contributed by atoms with Crippen molar-refractivity contribution in [3.8, 4) is 0 Å². The van der Waals surface area contributed by atoms with E-state index < -0.39 is 12.4 Å². The molecule has 3 atom stereocenters. The average Bonchev–Trinajstić information content (AvgIpc) is 2.72. The summed E-state index contributed by atoms with van der Waals surface area (Å²) in [5, 5.41) is 15.8. The second kappa shape index (κ2) is 12.5. The van der Waals surface area contributed by atoms with Gasteiger partial charge in [0.2, 0.25) is 0 Å². The van der Waals surface area contributed by atoms with Crippen LogP contribution in [0.1, 0.15) is 39.0 Å². The third-order valence-electron chi connectivity index (χ3n) is 4.24. The quantitative estimate of drug-likeness (QED) is 0.233. The van der Waals surface area contributed by atoms with Crippen molar-refractivity contribution in [2.45, 2.75) is 56.2 Å². The third-order valence-corrected chi connectivity index (χ3v) is 5.01. The molecule has 1 aliphatic carbocycles. The molecule has 1 aliphatic heterocycles. The molecule has 0 saturated carbocycles. The molecule has 1 heterocycles. The number of ether oxygens (including phenoxy) is 2. The molecule has 7 nitrogen and oxygen atoms in total. The first-order chi connectivity index (χ1) is 14.0. The van der Waals surface area contributed by atoms with Gasteiger partial charge in [0.25, 0.3) is 5.91 Å². The van der Waals surface area contributed by atoms with E-state index in [1.165, 1.54) is 0 Å². The van der Waals surface area contributed by atoms with Crippen molar-refractivity contribution < 1.29 is 19.4 Å². The fourth-order valence-electron chi connectivity index (χ4n) is 2.68. The Morgan fingerprint density at radius 1 is 1.48 bits per heavy atom. The lowest BCUT2D eigenvalue weighted by Crippen LogP contribution is -2.43. The van der Waals surface area contributed by atoms with E-state index in [0.717, 1.165) is 37.9 Å². The monoisotopic (exact) mass is 467 g/mol. The molecule has 0 saturated heterocycles. The molecule has 0 spiro atoms. The van der Waals surface area contributed by atoms with Gasteiger partial charge in [0, 0.05) is 12.6 Å². The highest BCUT2D eigenvalue weighted by Gasteiger charge is 2.22. The van der Waals surface area contributed by atoms with Crippen molar-refractivity contribution >= 4 is 28.1 Å². The number of aliphatic imine (C=N–C) groups is 1. The van der Waals surface area contributed by atoms with Crippen molar-refractivity contribution in [2.75, 3.05) is 13.2 Å². The number of rotatable bonds is 12. The summed E-state index contributed by atoms with van der Waals surface area (Å²) >= 11 is 3.50. The lowest BCUT2D eigenvalue weighted by molar-refractivity contribution is -0.125. The Labute approximate surface area is 180 Å². The molecule has 0 aromatic rings. The van der Waals surface area contributed by atoms with E-state index in [1.54, 1.807) is 6.21 Å². The minimum Gasteiger partial charge on any atom is -0.489 e. The largest absolute Gasteiger partial charge is 0.489 e. The zero-order valence-electron chi connectivity index (χ0n) is 16.8. The summed E-state index contributed by atoms with van der Waals surface area (Å²) in [6.45, 7) is 5.94. The summed E-state index contributed by atoms with van der Waals surface area (Å²) < 4.78 is 10.9. The molecule has 160 valence electrons. The van der Waals surface area contributed by atoms with Crippen LogP contribution in [0.2, 0.25) is 0 Å². The number of unbranched alkanes of at least 4 members (excludes halogenated alkanes) is 1.